The number of carbonyl (C=O) groups is 2. The van der Waals surface area contributed by atoms with Crippen LogP contribution in [0, 0.1) is 13.8 Å². The van der Waals surface area contributed by atoms with E-state index in [1.807, 2.05) is 9.80 Å². The molecule has 0 bridgehead atoms. The van der Waals surface area contributed by atoms with Crippen molar-refractivity contribution >= 4 is 11.8 Å². The van der Waals surface area contributed by atoms with Gasteiger partial charge in [0.15, 0.2) is 0 Å². The summed E-state index contributed by atoms with van der Waals surface area (Å²) in [5, 5.41) is 0. The van der Waals surface area contributed by atoms with Crippen LogP contribution in [0.3, 0.4) is 0 Å². The summed E-state index contributed by atoms with van der Waals surface area (Å²) in [7, 11) is 0. The second kappa shape index (κ2) is 7.66. The first kappa shape index (κ1) is 18.5. The molecule has 3 aliphatic rings. The first-order chi connectivity index (χ1) is 13.0. The van der Waals surface area contributed by atoms with Crippen molar-refractivity contribution in [2.75, 3.05) is 45.8 Å². The number of hydrogen-bond donors (Lipinski definition) is 0. The van der Waals surface area contributed by atoms with Crippen LogP contribution in [0.4, 0.5) is 0 Å². The standard InChI is InChI=1S/C21H32N4O2/c1-16-14-19(17(2)25(16)18-6-7-18)21(27)24-12-10-22(11-13-24)15-20(26)23-8-4-3-5-9-23/h14,18H,3-13,15H2,1-2H3. The monoisotopic (exact) mass is 372 g/mol. The van der Waals surface area contributed by atoms with Crippen molar-refractivity contribution in [3.63, 3.8) is 0 Å². The highest BCUT2D eigenvalue weighted by Crippen LogP contribution is 2.38. The number of aryl methyl sites for hydroxylation is 1. The molecular weight excluding hydrogens is 340 g/mol. The predicted octanol–water partition coefficient (Wildman–Crippen LogP) is 2.21. The van der Waals surface area contributed by atoms with Gasteiger partial charge in [-0.05, 0) is 52.0 Å². The number of amides is 2. The van der Waals surface area contributed by atoms with E-state index < -0.39 is 0 Å². The van der Waals surface area contributed by atoms with Crippen LogP contribution in [0.25, 0.3) is 0 Å². The minimum atomic E-state index is 0.150. The van der Waals surface area contributed by atoms with Gasteiger partial charge >= 0.3 is 0 Å². The molecular formula is C21H32N4O2. The molecule has 6 nitrogen and oxygen atoms in total. The van der Waals surface area contributed by atoms with Crippen LogP contribution in [-0.4, -0.2) is 76.9 Å². The molecule has 0 unspecified atom stereocenters. The van der Waals surface area contributed by atoms with Crippen molar-refractivity contribution < 1.29 is 9.59 Å². The smallest absolute Gasteiger partial charge is 0.255 e. The highest BCUT2D eigenvalue weighted by atomic mass is 16.2. The second-order valence-corrected chi connectivity index (χ2v) is 8.40. The minimum Gasteiger partial charge on any atom is -0.345 e. The Labute approximate surface area is 162 Å². The minimum absolute atomic E-state index is 0.150. The van der Waals surface area contributed by atoms with Crippen molar-refractivity contribution in [3.8, 4) is 0 Å². The maximum Gasteiger partial charge on any atom is 0.255 e. The fraction of sp³-hybridized carbons (Fsp3) is 0.714. The van der Waals surface area contributed by atoms with Crippen LogP contribution in [0.1, 0.15) is 59.9 Å². The summed E-state index contributed by atoms with van der Waals surface area (Å²) in [4.78, 5) is 31.7. The van der Waals surface area contributed by atoms with Gasteiger partial charge in [-0.3, -0.25) is 14.5 Å². The first-order valence-electron chi connectivity index (χ1n) is 10.5. The van der Waals surface area contributed by atoms with Crippen molar-refractivity contribution in [3.05, 3.63) is 23.0 Å². The summed E-state index contributed by atoms with van der Waals surface area (Å²) in [6.07, 6.45) is 5.97. The van der Waals surface area contributed by atoms with Gasteiger partial charge in [-0.2, -0.15) is 0 Å². The van der Waals surface area contributed by atoms with Gasteiger partial charge in [0.2, 0.25) is 5.91 Å². The third-order valence-electron chi connectivity index (χ3n) is 6.35. The van der Waals surface area contributed by atoms with Gasteiger partial charge in [-0.1, -0.05) is 0 Å². The van der Waals surface area contributed by atoms with E-state index in [0.29, 0.717) is 25.7 Å². The number of carbonyl (C=O) groups excluding carboxylic acids is 2. The third-order valence-corrected chi connectivity index (χ3v) is 6.35. The molecule has 2 saturated heterocycles. The zero-order valence-corrected chi connectivity index (χ0v) is 16.7. The Morgan fingerprint density at radius 2 is 1.59 bits per heavy atom. The Balaban J connectivity index is 1.32. The molecule has 4 rings (SSSR count). The molecule has 27 heavy (non-hydrogen) atoms. The molecule has 3 fully saturated rings. The number of piperidine rings is 1. The quantitative estimate of drug-likeness (QED) is 0.814. The summed E-state index contributed by atoms with van der Waals surface area (Å²) in [6, 6.07) is 2.66. The van der Waals surface area contributed by atoms with Gasteiger partial charge in [0, 0.05) is 56.7 Å². The van der Waals surface area contributed by atoms with Crippen LogP contribution in [0.15, 0.2) is 6.07 Å². The molecule has 0 spiro atoms. The van der Waals surface area contributed by atoms with E-state index in [1.54, 1.807) is 0 Å². The predicted molar refractivity (Wildman–Crippen MR) is 105 cm³/mol. The Bertz CT molecular complexity index is 708. The Hall–Kier alpha value is -1.82. The SMILES string of the molecule is Cc1cc(C(=O)N2CCN(CC(=O)N3CCCCC3)CC2)c(C)n1C1CC1. The number of rotatable bonds is 4. The van der Waals surface area contributed by atoms with Crippen LogP contribution < -0.4 is 0 Å². The van der Waals surface area contributed by atoms with Gasteiger partial charge in [0.25, 0.3) is 5.91 Å². The van der Waals surface area contributed by atoms with Gasteiger partial charge in [0.1, 0.15) is 0 Å². The van der Waals surface area contributed by atoms with Crippen molar-refractivity contribution in [1.82, 2.24) is 19.3 Å². The van der Waals surface area contributed by atoms with E-state index >= 15 is 0 Å². The van der Waals surface area contributed by atoms with E-state index in [2.05, 4.69) is 29.4 Å². The third kappa shape index (κ3) is 3.91. The zero-order valence-electron chi connectivity index (χ0n) is 16.7. The van der Waals surface area contributed by atoms with E-state index in [-0.39, 0.29) is 11.8 Å². The summed E-state index contributed by atoms with van der Waals surface area (Å²) in [6.45, 7) is 9.48. The number of piperazine rings is 1. The van der Waals surface area contributed by atoms with Crippen molar-refractivity contribution in [2.24, 2.45) is 0 Å². The number of nitrogens with zero attached hydrogens (tertiary/aromatic N) is 4. The van der Waals surface area contributed by atoms with Crippen molar-refractivity contribution in [2.45, 2.75) is 52.0 Å². The average Bonchev–Trinajstić information content (AvgIpc) is 3.47. The molecule has 0 aromatic carbocycles. The van der Waals surface area contributed by atoms with Gasteiger partial charge in [-0.25, -0.2) is 0 Å². The summed E-state index contributed by atoms with van der Waals surface area (Å²) in [5.41, 5.74) is 3.17. The summed E-state index contributed by atoms with van der Waals surface area (Å²) >= 11 is 0. The molecule has 1 saturated carbocycles. The normalized spacial score (nSPS) is 21.6. The summed E-state index contributed by atoms with van der Waals surface area (Å²) in [5.74, 6) is 0.402. The average molecular weight is 373 g/mol. The second-order valence-electron chi connectivity index (χ2n) is 8.40. The largest absolute Gasteiger partial charge is 0.345 e. The van der Waals surface area contributed by atoms with Gasteiger partial charge in [0.05, 0.1) is 12.1 Å². The Kier molecular flexibility index (Phi) is 5.26. The van der Waals surface area contributed by atoms with Gasteiger partial charge < -0.3 is 14.4 Å². The molecule has 148 valence electrons. The molecule has 2 amide bonds. The summed E-state index contributed by atoms with van der Waals surface area (Å²) < 4.78 is 2.33. The topological polar surface area (TPSA) is 48.8 Å². The highest BCUT2D eigenvalue weighted by Gasteiger charge is 2.31. The molecule has 1 aliphatic carbocycles. The van der Waals surface area contributed by atoms with Crippen molar-refractivity contribution in [1.29, 1.82) is 0 Å². The maximum atomic E-state index is 13.0. The first-order valence-corrected chi connectivity index (χ1v) is 10.5. The molecule has 6 heteroatoms. The Morgan fingerprint density at radius 1 is 0.926 bits per heavy atom. The van der Waals surface area contributed by atoms with E-state index in [9.17, 15) is 9.59 Å². The zero-order chi connectivity index (χ0) is 19.0. The molecule has 1 aromatic rings. The number of likely N-dealkylation sites (tertiary alicyclic amines) is 1. The van der Waals surface area contributed by atoms with Crippen LogP contribution in [0.5, 0.6) is 0 Å². The lowest BCUT2D eigenvalue weighted by molar-refractivity contribution is -0.133. The maximum absolute atomic E-state index is 13.0. The van der Waals surface area contributed by atoms with Gasteiger partial charge in [-0.15, -0.1) is 0 Å². The lowest BCUT2D eigenvalue weighted by Crippen LogP contribution is -2.52. The molecule has 0 N–H and O–H groups in total. The van der Waals surface area contributed by atoms with E-state index in [0.717, 1.165) is 50.3 Å². The highest BCUT2D eigenvalue weighted by molar-refractivity contribution is 5.95. The van der Waals surface area contributed by atoms with Crippen LogP contribution >= 0.6 is 0 Å². The molecule has 3 heterocycles. The Morgan fingerprint density at radius 3 is 2.22 bits per heavy atom. The van der Waals surface area contributed by atoms with E-state index in [4.69, 9.17) is 0 Å². The fourth-order valence-corrected chi connectivity index (χ4v) is 4.60. The fourth-order valence-electron chi connectivity index (χ4n) is 4.60. The molecule has 0 atom stereocenters. The van der Waals surface area contributed by atoms with Crippen LogP contribution in [-0.2, 0) is 4.79 Å². The lowest BCUT2D eigenvalue weighted by atomic mass is 10.1. The molecule has 1 aromatic heterocycles. The molecule has 0 radical (unpaired) electrons. The number of hydrogen-bond acceptors (Lipinski definition) is 3. The number of aromatic nitrogens is 1. The lowest BCUT2D eigenvalue weighted by Gasteiger charge is -2.36. The van der Waals surface area contributed by atoms with Crippen LogP contribution in [0.2, 0.25) is 0 Å². The molecule has 2 aliphatic heterocycles. The van der Waals surface area contributed by atoms with E-state index in [1.165, 1.54) is 25.0 Å².